The number of imidazole rings is 1. The number of H-pyrrole nitrogens is 1. The van der Waals surface area contributed by atoms with Crippen LogP contribution in [-0.4, -0.2) is 34.0 Å². The minimum absolute atomic E-state index is 0. The first-order valence-corrected chi connectivity index (χ1v) is 5.92. The molecule has 2 aromatic heterocycles. The van der Waals surface area contributed by atoms with Crippen LogP contribution < -0.4 is 10.2 Å². The van der Waals surface area contributed by atoms with Gasteiger partial charge in [-0.1, -0.05) is 0 Å². The molecule has 0 bridgehead atoms. The minimum Gasteiger partial charge on any atom is -0.378 e. The molecule has 1 aromatic carbocycles. The van der Waals surface area contributed by atoms with Crippen molar-refractivity contribution in [3.8, 4) is 0 Å². The summed E-state index contributed by atoms with van der Waals surface area (Å²) >= 11 is 0. The van der Waals surface area contributed by atoms with Gasteiger partial charge in [-0.2, -0.15) is 0 Å². The molecule has 20 heavy (non-hydrogen) atoms. The molecule has 2 N–H and O–H groups in total. The van der Waals surface area contributed by atoms with Gasteiger partial charge >= 0.3 is 0 Å². The summed E-state index contributed by atoms with van der Waals surface area (Å²) in [7, 11) is 4.03. The van der Waals surface area contributed by atoms with Crippen LogP contribution in [0.3, 0.4) is 0 Å². The number of halogens is 1. The molecule has 0 unspecified atom stereocenters. The number of rotatable bonds is 3. The number of fused-ring (bicyclic) bond motifs is 1. The summed E-state index contributed by atoms with van der Waals surface area (Å²) in [6, 6.07) is 8.13. The molecular formula is C13H15ClN6. The summed E-state index contributed by atoms with van der Waals surface area (Å²) in [5.74, 6) is 0.722. The minimum atomic E-state index is 0. The number of benzene rings is 1. The fraction of sp³-hybridized carbons (Fsp3) is 0.154. The summed E-state index contributed by atoms with van der Waals surface area (Å²) in [5.41, 5.74) is 3.58. The lowest BCUT2D eigenvalue weighted by atomic mass is 10.2. The lowest BCUT2D eigenvalue weighted by Gasteiger charge is -2.13. The number of nitrogens with zero attached hydrogens (tertiary/aromatic N) is 4. The Balaban J connectivity index is 0.00000147. The van der Waals surface area contributed by atoms with Crippen LogP contribution in [0.2, 0.25) is 0 Å². The van der Waals surface area contributed by atoms with Gasteiger partial charge in [-0.15, -0.1) is 12.4 Å². The summed E-state index contributed by atoms with van der Waals surface area (Å²) in [6.45, 7) is 0. The third-order valence-electron chi connectivity index (χ3n) is 2.87. The maximum absolute atomic E-state index is 4.23. The van der Waals surface area contributed by atoms with Crippen LogP contribution in [0.5, 0.6) is 0 Å². The number of aromatic nitrogens is 4. The number of anilines is 3. The van der Waals surface area contributed by atoms with Crippen molar-refractivity contribution in [1.29, 1.82) is 0 Å². The van der Waals surface area contributed by atoms with Gasteiger partial charge in [0.1, 0.15) is 11.8 Å². The summed E-state index contributed by atoms with van der Waals surface area (Å²) in [5, 5.41) is 3.26. The first-order chi connectivity index (χ1) is 9.24. The van der Waals surface area contributed by atoms with Crippen molar-refractivity contribution < 1.29 is 0 Å². The zero-order chi connectivity index (χ0) is 13.2. The van der Waals surface area contributed by atoms with Crippen molar-refractivity contribution in [1.82, 2.24) is 19.9 Å². The fourth-order valence-electron chi connectivity index (χ4n) is 1.84. The van der Waals surface area contributed by atoms with E-state index < -0.39 is 0 Å². The van der Waals surface area contributed by atoms with Gasteiger partial charge < -0.3 is 15.2 Å². The second-order valence-electron chi connectivity index (χ2n) is 4.39. The monoisotopic (exact) mass is 290 g/mol. The van der Waals surface area contributed by atoms with Crippen LogP contribution in [0.15, 0.2) is 36.9 Å². The average Bonchev–Trinajstić information content (AvgIpc) is 2.89. The Morgan fingerprint density at radius 1 is 1.05 bits per heavy atom. The lowest BCUT2D eigenvalue weighted by molar-refractivity contribution is 1.13. The molecule has 0 aliphatic carbocycles. The van der Waals surface area contributed by atoms with Gasteiger partial charge in [-0.25, -0.2) is 15.0 Å². The van der Waals surface area contributed by atoms with E-state index in [0.717, 1.165) is 22.7 Å². The Hall–Kier alpha value is -2.34. The predicted molar refractivity (Wildman–Crippen MR) is 83.0 cm³/mol. The second-order valence-corrected chi connectivity index (χ2v) is 4.39. The molecule has 3 aromatic rings. The zero-order valence-corrected chi connectivity index (χ0v) is 12.0. The highest BCUT2D eigenvalue weighted by molar-refractivity contribution is 5.85. The van der Waals surface area contributed by atoms with Crippen LogP contribution in [0.1, 0.15) is 0 Å². The maximum atomic E-state index is 4.23. The molecule has 0 aliphatic rings. The number of hydrogen-bond donors (Lipinski definition) is 2. The normalized spacial score (nSPS) is 10.1. The summed E-state index contributed by atoms with van der Waals surface area (Å²) in [4.78, 5) is 17.5. The van der Waals surface area contributed by atoms with E-state index >= 15 is 0 Å². The molecule has 0 saturated heterocycles. The van der Waals surface area contributed by atoms with Gasteiger partial charge in [-0.3, -0.25) is 0 Å². The highest BCUT2D eigenvalue weighted by atomic mass is 35.5. The van der Waals surface area contributed by atoms with Crippen molar-refractivity contribution in [3.05, 3.63) is 36.9 Å². The van der Waals surface area contributed by atoms with Crippen molar-refractivity contribution in [2.45, 2.75) is 0 Å². The van der Waals surface area contributed by atoms with Crippen molar-refractivity contribution in [2.24, 2.45) is 0 Å². The van der Waals surface area contributed by atoms with E-state index in [2.05, 4.69) is 30.2 Å². The van der Waals surface area contributed by atoms with E-state index in [1.807, 2.05) is 38.4 Å². The van der Waals surface area contributed by atoms with Crippen LogP contribution in [0.25, 0.3) is 11.2 Å². The standard InChI is InChI=1S/C13H14N6.ClH/c1-19(2)10-5-3-9(4-6-10)18-13-11-12(15-7-14-11)16-8-17-13;/h3-8H,1-2H3,(H2,14,15,16,17,18);1H. The Morgan fingerprint density at radius 3 is 2.50 bits per heavy atom. The van der Waals surface area contributed by atoms with Crippen LogP contribution in [0, 0.1) is 0 Å². The van der Waals surface area contributed by atoms with Crippen LogP contribution in [-0.2, 0) is 0 Å². The molecule has 0 atom stereocenters. The van der Waals surface area contributed by atoms with E-state index in [1.54, 1.807) is 6.33 Å². The van der Waals surface area contributed by atoms with Crippen LogP contribution >= 0.6 is 12.4 Å². The highest BCUT2D eigenvalue weighted by Gasteiger charge is 2.05. The first-order valence-electron chi connectivity index (χ1n) is 5.92. The molecule has 6 nitrogen and oxygen atoms in total. The van der Waals surface area contributed by atoms with Crippen LogP contribution in [0.4, 0.5) is 17.2 Å². The topological polar surface area (TPSA) is 69.7 Å². The molecule has 0 aliphatic heterocycles. The third-order valence-corrected chi connectivity index (χ3v) is 2.87. The highest BCUT2D eigenvalue weighted by Crippen LogP contribution is 2.22. The molecule has 2 heterocycles. The molecular weight excluding hydrogens is 276 g/mol. The van der Waals surface area contributed by atoms with Gasteiger partial charge in [0, 0.05) is 25.5 Å². The molecule has 0 spiro atoms. The number of hydrogen-bond acceptors (Lipinski definition) is 5. The van der Waals surface area contributed by atoms with E-state index in [-0.39, 0.29) is 12.4 Å². The molecule has 0 saturated carbocycles. The number of aromatic amines is 1. The maximum Gasteiger partial charge on any atom is 0.182 e. The molecule has 0 amide bonds. The Morgan fingerprint density at radius 2 is 1.80 bits per heavy atom. The average molecular weight is 291 g/mol. The van der Waals surface area contributed by atoms with E-state index in [1.165, 1.54) is 6.33 Å². The smallest absolute Gasteiger partial charge is 0.182 e. The molecule has 0 radical (unpaired) electrons. The van der Waals surface area contributed by atoms with Gasteiger partial charge in [0.25, 0.3) is 0 Å². The SMILES string of the molecule is CN(C)c1ccc(Nc2ncnc3nc[nH]c23)cc1.Cl. The molecule has 104 valence electrons. The first kappa shape index (κ1) is 14.1. The van der Waals surface area contributed by atoms with E-state index in [0.29, 0.717) is 5.65 Å². The Labute approximate surface area is 122 Å². The predicted octanol–water partition coefficient (Wildman–Crippen LogP) is 2.58. The largest absolute Gasteiger partial charge is 0.378 e. The Bertz CT molecular complexity index is 691. The summed E-state index contributed by atoms with van der Waals surface area (Å²) < 4.78 is 0. The quantitative estimate of drug-likeness (QED) is 0.776. The molecule has 7 heteroatoms. The second kappa shape index (κ2) is 5.75. The third kappa shape index (κ3) is 2.65. The zero-order valence-electron chi connectivity index (χ0n) is 11.2. The summed E-state index contributed by atoms with van der Waals surface area (Å²) in [6.07, 6.45) is 3.11. The van der Waals surface area contributed by atoms with Gasteiger partial charge in [0.2, 0.25) is 0 Å². The van der Waals surface area contributed by atoms with E-state index in [9.17, 15) is 0 Å². The fourth-order valence-corrected chi connectivity index (χ4v) is 1.84. The van der Waals surface area contributed by atoms with Gasteiger partial charge in [-0.05, 0) is 24.3 Å². The van der Waals surface area contributed by atoms with Gasteiger partial charge in [0.15, 0.2) is 11.5 Å². The number of nitrogens with one attached hydrogen (secondary N) is 2. The molecule has 3 rings (SSSR count). The lowest BCUT2D eigenvalue weighted by Crippen LogP contribution is -2.08. The Kier molecular flexibility index (Phi) is 4.05. The van der Waals surface area contributed by atoms with Crippen molar-refractivity contribution in [2.75, 3.05) is 24.3 Å². The van der Waals surface area contributed by atoms with E-state index in [4.69, 9.17) is 0 Å². The van der Waals surface area contributed by atoms with Crippen molar-refractivity contribution >= 4 is 40.8 Å². The van der Waals surface area contributed by atoms with Gasteiger partial charge in [0.05, 0.1) is 6.33 Å². The van der Waals surface area contributed by atoms with Crippen molar-refractivity contribution in [3.63, 3.8) is 0 Å². The molecule has 0 fully saturated rings.